The molecule has 3 unspecified atom stereocenters. The largest absolute Gasteiger partial charge is 0.171 e. The Hall–Kier alpha value is 0.830. The molecule has 0 N–H and O–H groups in total. The summed E-state index contributed by atoms with van der Waals surface area (Å²) in [5.41, 5.74) is 0. The van der Waals surface area contributed by atoms with Gasteiger partial charge in [-0.05, 0) is 49.9 Å². The van der Waals surface area contributed by atoms with E-state index < -0.39 is 0 Å². The summed E-state index contributed by atoms with van der Waals surface area (Å²) in [4.78, 5) is 0.709. The second kappa shape index (κ2) is 2.44. The molecule has 3 atom stereocenters. The molecule has 4 fully saturated rings. The number of hydrogen-bond acceptors (Lipinski definition) is 1. The zero-order valence-corrected chi connectivity index (χ0v) is 9.65. The van der Waals surface area contributed by atoms with Crippen LogP contribution in [0.15, 0.2) is 0 Å². The second-order valence-corrected chi connectivity index (χ2v) is 6.99. The van der Waals surface area contributed by atoms with E-state index in [4.69, 9.17) is 12.6 Å². The molecule has 0 aromatic rings. The van der Waals surface area contributed by atoms with Gasteiger partial charge in [0.15, 0.2) is 0 Å². The molecule has 0 heterocycles. The van der Waals surface area contributed by atoms with E-state index in [1.54, 1.807) is 0 Å². The first-order valence-corrected chi connectivity index (χ1v) is 6.40. The third-order valence-electron chi connectivity index (χ3n) is 4.15. The highest BCUT2D eigenvalue weighted by atomic mass is 79.9. The molecule has 0 aromatic carbocycles. The van der Waals surface area contributed by atoms with Gasteiger partial charge in [-0.15, -0.1) is 0 Å². The average Bonchev–Trinajstić information content (AvgIpc) is 1.98. The van der Waals surface area contributed by atoms with Crippen LogP contribution < -0.4 is 0 Å². The SMILES string of the molecule is SC12CC3CC(CC(C3)C1Br)C2. The van der Waals surface area contributed by atoms with Crippen LogP contribution in [0.25, 0.3) is 0 Å². The van der Waals surface area contributed by atoms with E-state index in [0.29, 0.717) is 9.57 Å². The molecule has 4 saturated carbocycles. The van der Waals surface area contributed by atoms with Gasteiger partial charge in [-0.3, -0.25) is 0 Å². The number of thiol groups is 1. The first-order valence-electron chi connectivity index (χ1n) is 5.04. The van der Waals surface area contributed by atoms with E-state index in [9.17, 15) is 0 Å². The maximum atomic E-state index is 4.90. The normalized spacial score (nSPS) is 62.5. The highest BCUT2D eigenvalue weighted by Gasteiger charge is 2.54. The van der Waals surface area contributed by atoms with Crippen LogP contribution in [-0.2, 0) is 0 Å². The molecule has 4 rings (SSSR count). The monoisotopic (exact) mass is 246 g/mol. The van der Waals surface area contributed by atoms with Crippen molar-refractivity contribution in [1.82, 2.24) is 0 Å². The summed E-state index contributed by atoms with van der Waals surface area (Å²) < 4.78 is 0.370. The number of halogens is 1. The van der Waals surface area contributed by atoms with Gasteiger partial charge in [-0.2, -0.15) is 12.6 Å². The summed E-state index contributed by atoms with van der Waals surface area (Å²) in [6, 6.07) is 0. The highest BCUT2D eigenvalue weighted by Crippen LogP contribution is 2.60. The Bertz CT molecular complexity index is 202. The highest BCUT2D eigenvalue weighted by molar-refractivity contribution is 9.09. The van der Waals surface area contributed by atoms with Crippen molar-refractivity contribution in [2.45, 2.75) is 41.7 Å². The summed E-state index contributed by atoms with van der Waals surface area (Å²) in [6.07, 6.45) is 7.22. The van der Waals surface area contributed by atoms with Gasteiger partial charge in [-0.1, -0.05) is 15.9 Å². The Labute approximate surface area is 88.0 Å². The zero-order valence-electron chi connectivity index (χ0n) is 7.17. The summed E-state index contributed by atoms with van der Waals surface area (Å²) >= 11 is 8.76. The van der Waals surface area contributed by atoms with Crippen LogP contribution in [0, 0.1) is 17.8 Å². The van der Waals surface area contributed by atoms with Crippen molar-refractivity contribution in [1.29, 1.82) is 0 Å². The third-order valence-corrected chi connectivity index (χ3v) is 6.77. The Morgan fingerprint density at radius 3 is 2.17 bits per heavy atom. The Balaban J connectivity index is 1.97. The second-order valence-electron chi connectivity index (χ2n) is 5.11. The molecular formula is C10H15BrS. The molecule has 0 radical (unpaired) electrons. The van der Waals surface area contributed by atoms with Crippen molar-refractivity contribution in [2.75, 3.05) is 0 Å². The summed E-state index contributed by atoms with van der Waals surface area (Å²) in [7, 11) is 0. The maximum Gasteiger partial charge on any atom is 0.0319 e. The lowest BCUT2D eigenvalue weighted by Crippen LogP contribution is -2.54. The van der Waals surface area contributed by atoms with Crippen LogP contribution in [0.2, 0.25) is 0 Å². The molecule has 12 heavy (non-hydrogen) atoms. The predicted octanol–water partition coefficient (Wildman–Crippen LogP) is 3.26. The van der Waals surface area contributed by atoms with Crippen LogP contribution >= 0.6 is 28.6 Å². The van der Waals surface area contributed by atoms with Crippen molar-refractivity contribution < 1.29 is 0 Å². The predicted molar refractivity (Wildman–Crippen MR) is 58.0 cm³/mol. The lowest BCUT2D eigenvalue weighted by molar-refractivity contribution is 0.0478. The first kappa shape index (κ1) is 8.16. The summed E-state index contributed by atoms with van der Waals surface area (Å²) in [5.74, 6) is 3.00. The van der Waals surface area contributed by atoms with Crippen molar-refractivity contribution in [3.8, 4) is 0 Å². The first-order chi connectivity index (χ1) is 5.67. The zero-order chi connectivity index (χ0) is 8.34. The van der Waals surface area contributed by atoms with E-state index in [1.807, 2.05) is 0 Å². The van der Waals surface area contributed by atoms with Crippen LogP contribution in [0.4, 0.5) is 0 Å². The molecule has 4 bridgehead atoms. The van der Waals surface area contributed by atoms with E-state index >= 15 is 0 Å². The lowest BCUT2D eigenvalue weighted by atomic mass is 9.56. The summed E-state index contributed by atoms with van der Waals surface area (Å²) in [5, 5.41) is 0. The quantitative estimate of drug-likeness (QED) is 0.493. The minimum atomic E-state index is 0.370. The number of rotatable bonds is 0. The maximum absolute atomic E-state index is 4.90. The fourth-order valence-electron chi connectivity index (χ4n) is 3.94. The minimum absolute atomic E-state index is 0.370. The van der Waals surface area contributed by atoms with Gasteiger partial charge in [0, 0.05) is 9.57 Å². The number of alkyl halides is 1. The molecule has 0 aliphatic heterocycles. The Kier molecular flexibility index (Phi) is 1.66. The van der Waals surface area contributed by atoms with Crippen molar-refractivity contribution >= 4 is 28.6 Å². The van der Waals surface area contributed by atoms with Gasteiger partial charge in [0.1, 0.15) is 0 Å². The lowest BCUT2D eigenvalue weighted by Gasteiger charge is -2.57. The van der Waals surface area contributed by atoms with Gasteiger partial charge < -0.3 is 0 Å². The molecule has 68 valence electrons. The van der Waals surface area contributed by atoms with Crippen molar-refractivity contribution in [3.63, 3.8) is 0 Å². The molecule has 0 spiro atoms. The molecule has 0 aromatic heterocycles. The van der Waals surface area contributed by atoms with Crippen molar-refractivity contribution in [3.05, 3.63) is 0 Å². The molecular weight excluding hydrogens is 232 g/mol. The molecule has 2 heteroatoms. The molecule has 4 aliphatic carbocycles. The van der Waals surface area contributed by atoms with Crippen LogP contribution in [0.1, 0.15) is 32.1 Å². The van der Waals surface area contributed by atoms with E-state index in [0.717, 1.165) is 17.8 Å². The van der Waals surface area contributed by atoms with Crippen LogP contribution in [0.5, 0.6) is 0 Å². The molecule has 0 nitrogen and oxygen atoms in total. The van der Waals surface area contributed by atoms with Gasteiger partial charge in [0.05, 0.1) is 0 Å². The Morgan fingerprint density at radius 2 is 1.67 bits per heavy atom. The fourth-order valence-corrected chi connectivity index (χ4v) is 5.47. The van der Waals surface area contributed by atoms with E-state index in [-0.39, 0.29) is 0 Å². The van der Waals surface area contributed by atoms with Gasteiger partial charge in [0.25, 0.3) is 0 Å². The van der Waals surface area contributed by atoms with Crippen molar-refractivity contribution in [2.24, 2.45) is 17.8 Å². The van der Waals surface area contributed by atoms with Gasteiger partial charge in [-0.25, -0.2) is 0 Å². The van der Waals surface area contributed by atoms with Crippen LogP contribution in [0.3, 0.4) is 0 Å². The minimum Gasteiger partial charge on any atom is -0.171 e. The van der Waals surface area contributed by atoms with E-state index in [2.05, 4.69) is 15.9 Å². The molecule has 0 amide bonds. The average molecular weight is 247 g/mol. The van der Waals surface area contributed by atoms with Gasteiger partial charge in [0.2, 0.25) is 0 Å². The number of hydrogen-bond donors (Lipinski definition) is 1. The fraction of sp³-hybridized carbons (Fsp3) is 1.00. The summed E-state index contributed by atoms with van der Waals surface area (Å²) in [6.45, 7) is 0. The Morgan fingerprint density at radius 1 is 1.08 bits per heavy atom. The third kappa shape index (κ3) is 0.971. The van der Waals surface area contributed by atoms with Gasteiger partial charge >= 0.3 is 0 Å². The topological polar surface area (TPSA) is 0 Å². The van der Waals surface area contributed by atoms with Crippen LogP contribution in [-0.4, -0.2) is 9.57 Å². The molecule has 4 aliphatic rings. The smallest absolute Gasteiger partial charge is 0.0319 e. The standard InChI is InChI=1S/C10H15BrS/c11-9-8-2-6-1-7(3-8)5-10(9,12)4-6/h6-9,12H,1-5H2. The molecule has 0 saturated heterocycles. The van der Waals surface area contributed by atoms with E-state index in [1.165, 1.54) is 32.1 Å².